The SMILES string of the molecule is C#CCN1[C@H]2CC[C@@H]1[C@@H](C(=O)OC)[C@@H](c1ccc(Cl)c(Cl)c1)C2. The van der Waals surface area contributed by atoms with Crippen LogP contribution in [0.5, 0.6) is 0 Å². The summed E-state index contributed by atoms with van der Waals surface area (Å²) in [6.45, 7) is 0.580. The first kappa shape index (κ1) is 16.6. The number of rotatable bonds is 3. The Morgan fingerprint density at radius 3 is 2.83 bits per heavy atom. The van der Waals surface area contributed by atoms with Crippen LogP contribution >= 0.6 is 23.2 Å². The van der Waals surface area contributed by atoms with Crippen molar-refractivity contribution in [3.8, 4) is 12.3 Å². The van der Waals surface area contributed by atoms with E-state index in [4.69, 9.17) is 34.4 Å². The van der Waals surface area contributed by atoms with Gasteiger partial charge in [-0.15, -0.1) is 6.42 Å². The lowest BCUT2D eigenvalue weighted by Gasteiger charge is -2.42. The third kappa shape index (κ3) is 2.96. The van der Waals surface area contributed by atoms with Gasteiger partial charge in [0.2, 0.25) is 0 Å². The van der Waals surface area contributed by atoms with Crippen LogP contribution in [0.4, 0.5) is 0 Å². The second-order valence-electron chi connectivity index (χ2n) is 6.24. The van der Waals surface area contributed by atoms with Gasteiger partial charge >= 0.3 is 5.97 Å². The van der Waals surface area contributed by atoms with Gasteiger partial charge in [-0.2, -0.15) is 0 Å². The summed E-state index contributed by atoms with van der Waals surface area (Å²) in [6, 6.07) is 6.18. The number of methoxy groups -OCH3 is 1. The Labute approximate surface area is 146 Å². The maximum Gasteiger partial charge on any atom is 0.310 e. The molecule has 122 valence electrons. The van der Waals surface area contributed by atoms with Crippen molar-refractivity contribution in [3.63, 3.8) is 0 Å². The third-order valence-electron chi connectivity index (χ3n) is 5.18. The molecule has 2 bridgehead atoms. The van der Waals surface area contributed by atoms with Gasteiger partial charge in [-0.1, -0.05) is 35.2 Å². The van der Waals surface area contributed by atoms with E-state index in [0.717, 1.165) is 24.8 Å². The number of hydrogen-bond donors (Lipinski definition) is 0. The zero-order chi connectivity index (χ0) is 16.6. The van der Waals surface area contributed by atoms with E-state index < -0.39 is 0 Å². The monoisotopic (exact) mass is 351 g/mol. The summed E-state index contributed by atoms with van der Waals surface area (Å²) >= 11 is 12.2. The fraction of sp³-hybridized carbons (Fsp3) is 0.500. The summed E-state index contributed by atoms with van der Waals surface area (Å²) < 4.78 is 5.10. The van der Waals surface area contributed by atoms with Gasteiger partial charge in [0.25, 0.3) is 0 Å². The van der Waals surface area contributed by atoms with Gasteiger partial charge in [-0.3, -0.25) is 9.69 Å². The molecule has 0 radical (unpaired) electrons. The van der Waals surface area contributed by atoms with Crippen LogP contribution in [0, 0.1) is 18.3 Å². The van der Waals surface area contributed by atoms with Crippen LogP contribution in [0.25, 0.3) is 0 Å². The van der Waals surface area contributed by atoms with E-state index in [0.29, 0.717) is 22.6 Å². The Morgan fingerprint density at radius 2 is 2.17 bits per heavy atom. The Hall–Kier alpha value is -1.21. The van der Waals surface area contributed by atoms with Crippen molar-refractivity contribution in [2.75, 3.05) is 13.7 Å². The number of nitrogens with zero attached hydrogens (tertiary/aromatic N) is 1. The molecule has 0 unspecified atom stereocenters. The first-order chi connectivity index (χ1) is 11.1. The van der Waals surface area contributed by atoms with Gasteiger partial charge in [0.15, 0.2) is 0 Å². The molecule has 0 spiro atoms. The van der Waals surface area contributed by atoms with Crippen LogP contribution in [-0.4, -0.2) is 36.6 Å². The second kappa shape index (κ2) is 6.73. The molecule has 1 aromatic carbocycles. The lowest BCUT2D eigenvalue weighted by molar-refractivity contribution is -0.150. The Kier molecular flexibility index (Phi) is 4.87. The minimum Gasteiger partial charge on any atom is -0.469 e. The third-order valence-corrected chi connectivity index (χ3v) is 5.92. The Balaban J connectivity index is 1.97. The van der Waals surface area contributed by atoms with Gasteiger partial charge in [-0.25, -0.2) is 0 Å². The molecule has 0 aliphatic carbocycles. The summed E-state index contributed by atoms with van der Waals surface area (Å²) in [6.07, 6.45) is 8.44. The topological polar surface area (TPSA) is 29.5 Å². The summed E-state index contributed by atoms with van der Waals surface area (Å²) in [5.41, 5.74) is 1.05. The molecule has 0 aromatic heterocycles. The van der Waals surface area contributed by atoms with Gasteiger partial charge in [-0.05, 0) is 37.0 Å². The fourth-order valence-corrected chi connectivity index (χ4v) is 4.51. The molecule has 0 saturated carbocycles. The summed E-state index contributed by atoms with van der Waals surface area (Å²) in [7, 11) is 1.45. The Bertz CT molecular complexity index is 655. The first-order valence-electron chi connectivity index (χ1n) is 7.78. The number of esters is 1. The lowest BCUT2D eigenvalue weighted by atomic mass is 9.76. The molecule has 2 aliphatic rings. The molecule has 3 rings (SSSR count). The van der Waals surface area contributed by atoms with Crippen molar-refractivity contribution >= 4 is 29.2 Å². The van der Waals surface area contributed by atoms with Crippen LogP contribution in [0.15, 0.2) is 18.2 Å². The number of ether oxygens (including phenoxy) is 1. The maximum absolute atomic E-state index is 12.5. The van der Waals surface area contributed by atoms with Crippen LogP contribution in [-0.2, 0) is 9.53 Å². The van der Waals surface area contributed by atoms with E-state index in [-0.39, 0.29) is 23.8 Å². The number of carbonyl (C=O) groups is 1. The highest BCUT2D eigenvalue weighted by Gasteiger charge is 2.50. The summed E-state index contributed by atoms with van der Waals surface area (Å²) in [5, 5.41) is 1.05. The predicted octanol–water partition coefficient (Wildman–Crippen LogP) is 3.74. The largest absolute Gasteiger partial charge is 0.469 e. The zero-order valence-electron chi connectivity index (χ0n) is 13.0. The van der Waals surface area contributed by atoms with Crippen molar-refractivity contribution in [1.82, 2.24) is 4.90 Å². The molecular formula is C18H19Cl2NO2. The van der Waals surface area contributed by atoms with Crippen LogP contribution < -0.4 is 0 Å². The van der Waals surface area contributed by atoms with Gasteiger partial charge < -0.3 is 4.74 Å². The molecule has 2 aliphatic heterocycles. The van der Waals surface area contributed by atoms with Crippen molar-refractivity contribution in [2.24, 2.45) is 5.92 Å². The molecule has 2 saturated heterocycles. The normalized spacial score (nSPS) is 30.0. The summed E-state index contributed by atoms with van der Waals surface area (Å²) in [4.78, 5) is 14.8. The molecule has 0 amide bonds. The number of terminal acetylenes is 1. The quantitative estimate of drug-likeness (QED) is 0.613. The molecule has 23 heavy (non-hydrogen) atoms. The molecule has 2 fully saturated rings. The van der Waals surface area contributed by atoms with E-state index in [1.54, 1.807) is 6.07 Å². The number of carbonyl (C=O) groups excluding carboxylic acids is 1. The van der Waals surface area contributed by atoms with E-state index in [1.807, 2.05) is 12.1 Å². The van der Waals surface area contributed by atoms with Crippen molar-refractivity contribution in [1.29, 1.82) is 0 Å². The number of hydrogen-bond acceptors (Lipinski definition) is 3. The molecule has 0 N–H and O–H groups in total. The van der Waals surface area contributed by atoms with E-state index in [1.165, 1.54) is 7.11 Å². The van der Waals surface area contributed by atoms with Gasteiger partial charge in [0.05, 0.1) is 29.6 Å². The molecule has 3 nitrogen and oxygen atoms in total. The Morgan fingerprint density at radius 1 is 1.39 bits per heavy atom. The predicted molar refractivity (Wildman–Crippen MR) is 91.7 cm³/mol. The maximum atomic E-state index is 12.5. The molecular weight excluding hydrogens is 333 g/mol. The smallest absolute Gasteiger partial charge is 0.310 e. The van der Waals surface area contributed by atoms with Crippen LogP contribution in [0.2, 0.25) is 10.0 Å². The molecule has 4 atom stereocenters. The van der Waals surface area contributed by atoms with Crippen LogP contribution in [0.3, 0.4) is 0 Å². The van der Waals surface area contributed by atoms with Crippen molar-refractivity contribution < 1.29 is 9.53 Å². The minimum atomic E-state index is -0.218. The van der Waals surface area contributed by atoms with E-state index in [2.05, 4.69) is 10.8 Å². The standard InChI is InChI=1S/C18H19Cl2NO2/c1-3-8-21-12-5-7-16(21)17(18(22)23-2)13(10-12)11-4-6-14(19)15(20)9-11/h1,4,6,9,12-13,16-17H,5,7-8,10H2,2H3/t12-,13+,16+,17-/m0/s1. The number of halogens is 2. The highest BCUT2D eigenvalue weighted by Crippen LogP contribution is 2.47. The van der Waals surface area contributed by atoms with Gasteiger partial charge in [0.1, 0.15) is 0 Å². The average molecular weight is 352 g/mol. The fourth-order valence-electron chi connectivity index (χ4n) is 4.21. The minimum absolute atomic E-state index is 0.0868. The number of piperidine rings is 1. The molecule has 5 heteroatoms. The first-order valence-corrected chi connectivity index (χ1v) is 8.54. The van der Waals surface area contributed by atoms with Crippen molar-refractivity contribution in [2.45, 2.75) is 37.3 Å². The van der Waals surface area contributed by atoms with Crippen LogP contribution in [0.1, 0.15) is 30.7 Å². The van der Waals surface area contributed by atoms with Crippen molar-refractivity contribution in [3.05, 3.63) is 33.8 Å². The number of fused-ring (bicyclic) bond motifs is 2. The highest BCUT2D eigenvalue weighted by atomic mass is 35.5. The zero-order valence-corrected chi connectivity index (χ0v) is 14.5. The molecule has 1 aromatic rings. The molecule has 2 heterocycles. The average Bonchev–Trinajstić information content (AvgIpc) is 2.81. The van der Waals surface area contributed by atoms with Gasteiger partial charge in [0, 0.05) is 18.0 Å². The summed E-state index contributed by atoms with van der Waals surface area (Å²) in [5.74, 6) is 2.42. The highest BCUT2D eigenvalue weighted by molar-refractivity contribution is 6.42. The van der Waals surface area contributed by atoms with E-state index in [9.17, 15) is 4.79 Å². The lowest BCUT2D eigenvalue weighted by Crippen LogP contribution is -2.51. The number of benzene rings is 1. The second-order valence-corrected chi connectivity index (χ2v) is 7.05. The van der Waals surface area contributed by atoms with E-state index >= 15 is 0 Å².